The van der Waals surface area contributed by atoms with Crippen molar-refractivity contribution in [3.8, 4) is 11.5 Å². The van der Waals surface area contributed by atoms with Gasteiger partial charge in [0.25, 0.3) is 10.0 Å². The van der Waals surface area contributed by atoms with E-state index in [2.05, 4.69) is 0 Å². The Bertz CT molecular complexity index is 1000. The fraction of sp³-hybridized carbons (Fsp3) is 0.143. The van der Waals surface area contributed by atoms with Gasteiger partial charge in [-0.2, -0.15) is 0 Å². The molecule has 0 bridgehead atoms. The Kier molecular flexibility index (Phi) is 5.66. The van der Waals surface area contributed by atoms with E-state index in [1.165, 1.54) is 4.31 Å². The highest BCUT2D eigenvalue weighted by Gasteiger charge is 2.25. The lowest BCUT2D eigenvalue weighted by atomic mass is 10.2. The minimum absolute atomic E-state index is 0.168. The predicted molar refractivity (Wildman–Crippen MR) is 106 cm³/mol. The molecule has 6 heteroatoms. The van der Waals surface area contributed by atoms with E-state index in [9.17, 15) is 8.42 Å². The van der Waals surface area contributed by atoms with Crippen molar-refractivity contribution in [1.29, 1.82) is 0 Å². The van der Waals surface area contributed by atoms with Crippen molar-refractivity contribution in [2.75, 3.05) is 18.5 Å². The summed E-state index contributed by atoms with van der Waals surface area (Å²) in [4.78, 5) is 0.232. The van der Waals surface area contributed by atoms with E-state index in [-0.39, 0.29) is 11.4 Å². The molecule has 0 aromatic heterocycles. The number of rotatable bonds is 7. The molecule has 0 radical (unpaired) electrons. The topological polar surface area (TPSA) is 55.8 Å². The molecule has 0 heterocycles. The van der Waals surface area contributed by atoms with Crippen LogP contribution < -0.4 is 13.8 Å². The van der Waals surface area contributed by atoms with Crippen LogP contribution in [0.25, 0.3) is 0 Å². The molecule has 0 fully saturated rings. The van der Waals surface area contributed by atoms with E-state index in [0.717, 1.165) is 5.56 Å². The van der Waals surface area contributed by atoms with Gasteiger partial charge in [0.2, 0.25) is 0 Å². The highest BCUT2D eigenvalue weighted by molar-refractivity contribution is 7.92. The smallest absolute Gasteiger partial charge is 0.264 e. The summed E-state index contributed by atoms with van der Waals surface area (Å²) in [6, 6.07) is 22.8. The first-order valence-electron chi connectivity index (χ1n) is 8.39. The minimum Gasteiger partial charge on any atom is -0.497 e. The Hall–Kier alpha value is -2.99. The zero-order chi connectivity index (χ0) is 19.3. The highest BCUT2D eigenvalue weighted by atomic mass is 32.2. The fourth-order valence-electron chi connectivity index (χ4n) is 2.74. The molecule has 140 valence electrons. The summed E-state index contributed by atoms with van der Waals surface area (Å²) < 4.78 is 38.6. The Balaban J connectivity index is 2.08. The number of hydrogen-bond donors (Lipinski definition) is 0. The molecule has 0 aliphatic rings. The summed E-state index contributed by atoms with van der Waals surface area (Å²) in [5.74, 6) is 1.27. The number of sulfonamides is 1. The number of methoxy groups -OCH3 is 2. The third-order valence-corrected chi connectivity index (χ3v) is 5.92. The second-order valence-electron chi connectivity index (χ2n) is 5.88. The third kappa shape index (κ3) is 4.23. The van der Waals surface area contributed by atoms with E-state index in [1.54, 1.807) is 68.8 Å². The van der Waals surface area contributed by atoms with E-state index in [4.69, 9.17) is 9.47 Å². The lowest BCUT2D eigenvalue weighted by Crippen LogP contribution is -2.30. The molecule has 3 rings (SSSR count). The molecular formula is C21H21NO4S. The van der Waals surface area contributed by atoms with Gasteiger partial charge in [0, 0.05) is 6.07 Å². The van der Waals surface area contributed by atoms with Gasteiger partial charge in [-0.1, -0.05) is 36.4 Å². The van der Waals surface area contributed by atoms with Crippen molar-refractivity contribution < 1.29 is 17.9 Å². The minimum atomic E-state index is -3.76. The quantitative estimate of drug-likeness (QED) is 0.616. The van der Waals surface area contributed by atoms with Gasteiger partial charge in [-0.3, -0.25) is 4.31 Å². The summed E-state index contributed by atoms with van der Waals surface area (Å²) in [7, 11) is -0.624. The second-order valence-corrected chi connectivity index (χ2v) is 7.74. The first-order chi connectivity index (χ1) is 13.0. The Labute approximate surface area is 159 Å². The number of nitrogens with zero attached hydrogens (tertiary/aromatic N) is 1. The van der Waals surface area contributed by atoms with Crippen LogP contribution in [-0.4, -0.2) is 22.6 Å². The normalized spacial score (nSPS) is 11.0. The molecule has 0 unspecified atom stereocenters. The van der Waals surface area contributed by atoms with E-state index in [0.29, 0.717) is 17.2 Å². The average Bonchev–Trinajstić information content (AvgIpc) is 2.72. The van der Waals surface area contributed by atoms with Crippen molar-refractivity contribution in [3.05, 3.63) is 84.4 Å². The molecule has 27 heavy (non-hydrogen) atoms. The molecular weight excluding hydrogens is 362 g/mol. The highest BCUT2D eigenvalue weighted by Crippen LogP contribution is 2.29. The summed E-state index contributed by atoms with van der Waals surface area (Å²) in [5, 5.41) is 0. The van der Waals surface area contributed by atoms with E-state index in [1.807, 2.05) is 24.3 Å². The van der Waals surface area contributed by atoms with Crippen LogP contribution in [-0.2, 0) is 16.6 Å². The molecule has 3 aromatic rings. The van der Waals surface area contributed by atoms with Gasteiger partial charge in [-0.25, -0.2) is 8.42 Å². The molecule has 0 N–H and O–H groups in total. The molecule has 0 saturated heterocycles. The van der Waals surface area contributed by atoms with Crippen LogP contribution in [0.3, 0.4) is 0 Å². The Morgan fingerprint density at radius 3 is 2.07 bits per heavy atom. The lowest BCUT2D eigenvalue weighted by Gasteiger charge is -2.25. The molecule has 5 nitrogen and oxygen atoms in total. The number of hydrogen-bond acceptors (Lipinski definition) is 4. The number of ether oxygens (including phenoxy) is 2. The summed E-state index contributed by atoms with van der Waals surface area (Å²) in [6.07, 6.45) is 0. The van der Waals surface area contributed by atoms with Gasteiger partial charge in [0.1, 0.15) is 11.5 Å². The van der Waals surface area contributed by atoms with Crippen LogP contribution in [0, 0.1) is 0 Å². The first kappa shape index (κ1) is 18.8. The van der Waals surface area contributed by atoms with Gasteiger partial charge < -0.3 is 9.47 Å². The zero-order valence-electron chi connectivity index (χ0n) is 15.2. The van der Waals surface area contributed by atoms with Crippen LogP contribution in [0.15, 0.2) is 83.8 Å². The molecule has 0 saturated carbocycles. The number of anilines is 1. The largest absolute Gasteiger partial charge is 0.497 e. The van der Waals surface area contributed by atoms with Crippen molar-refractivity contribution >= 4 is 15.7 Å². The lowest BCUT2D eigenvalue weighted by molar-refractivity contribution is 0.414. The SMILES string of the molecule is COc1cccc(CN(c2cccc(OC)c2)S(=O)(=O)c2ccccc2)c1. The molecule has 0 aliphatic carbocycles. The van der Waals surface area contributed by atoms with Crippen molar-refractivity contribution in [2.24, 2.45) is 0 Å². The van der Waals surface area contributed by atoms with Gasteiger partial charge in [0.05, 0.1) is 31.3 Å². The Morgan fingerprint density at radius 1 is 0.778 bits per heavy atom. The standard InChI is InChI=1S/C21H21NO4S/c1-25-19-10-6-8-17(14-19)16-22(18-9-7-11-20(15-18)26-2)27(23,24)21-12-4-3-5-13-21/h3-15H,16H2,1-2H3. The van der Waals surface area contributed by atoms with Crippen LogP contribution in [0.2, 0.25) is 0 Å². The maximum Gasteiger partial charge on any atom is 0.264 e. The van der Waals surface area contributed by atoms with E-state index >= 15 is 0 Å². The van der Waals surface area contributed by atoms with E-state index < -0.39 is 10.0 Å². The first-order valence-corrected chi connectivity index (χ1v) is 9.83. The van der Waals surface area contributed by atoms with Gasteiger partial charge in [-0.05, 0) is 42.0 Å². The van der Waals surface area contributed by atoms with Crippen molar-refractivity contribution in [2.45, 2.75) is 11.4 Å². The third-order valence-electron chi connectivity index (χ3n) is 4.13. The Morgan fingerprint density at radius 2 is 1.41 bits per heavy atom. The summed E-state index contributed by atoms with van der Waals surface area (Å²) in [5.41, 5.74) is 1.35. The van der Waals surface area contributed by atoms with Gasteiger partial charge >= 0.3 is 0 Å². The maximum absolute atomic E-state index is 13.3. The van der Waals surface area contributed by atoms with Crippen LogP contribution in [0.4, 0.5) is 5.69 Å². The molecule has 0 spiro atoms. The van der Waals surface area contributed by atoms with Crippen LogP contribution >= 0.6 is 0 Å². The van der Waals surface area contributed by atoms with Crippen LogP contribution in [0.1, 0.15) is 5.56 Å². The van der Waals surface area contributed by atoms with Crippen molar-refractivity contribution in [3.63, 3.8) is 0 Å². The fourth-order valence-corrected chi connectivity index (χ4v) is 4.20. The maximum atomic E-state index is 13.3. The van der Waals surface area contributed by atoms with Crippen LogP contribution in [0.5, 0.6) is 11.5 Å². The number of benzene rings is 3. The van der Waals surface area contributed by atoms with Gasteiger partial charge in [0.15, 0.2) is 0 Å². The summed E-state index contributed by atoms with van der Waals surface area (Å²) in [6.45, 7) is 0.168. The molecule has 0 atom stereocenters. The summed E-state index contributed by atoms with van der Waals surface area (Å²) >= 11 is 0. The average molecular weight is 383 g/mol. The monoisotopic (exact) mass is 383 g/mol. The second kappa shape index (κ2) is 8.14. The predicted octanol–water partition coefficient (Wildman–Crippen LogP) is 4.10. The molecule has 0 amide bonds. The molecule has 0 aliphatic heterocycles. The van der Waals surface area contributed by atoms with Crippen molar-refractivity contribution in [1.82, 2.24) is 0 Å². The zero-order valence-corrected chi connectivity index (χ0v) is 16.0. The molecule has 3 aromatic carbocycles. The van der Waals surface area contributed by atoms with Gasteiger partial charge in [-0.15, -0.1) is 0 Å².